The molecule has 1 saturated heterocycles. The van der Waals surface area contributed by atoms with Crippen LogP contribution in [0.4, 0.5) is 5.69 Å². The van der Waals surface area contributed by atoms with Gasteiger partial charge in [0, 0.05) is 5.69 Å². The highest BCUT2D eigenvalue weighted by Crippen LogP contribution is 2.43. The molecule has 0 aromatic heterocycles. The van der Waals surface area contributed by atoms with Crippen LogP contribution in [0.2, 0.25) is 0 Å². The monoisotopic (exact) mass is 401 g/mol. The van der Waals surface area contributed by atoms with Crippen LogP contribution in [0.1, 0.15) is 39.4 Å². The van der Waals surface area contributed by atoms with Gasteiger partial charge in [-0.25, -0.2) is 4.79 Å². The average molecular weight is 402 g/mol. The summed E-state index contributed by atoms with van der Waals surface area (Å²) >= 11 is 3.88. The average Bonchev–Trinajstić information content (AvgIpc) is 2.68. The van der Waals surface area contributed by atoms with Crippen molar-refractivity contribution in [1.29, 1.82) is 0 Å². The summed E-state index contributed by atoms with van der Waals surface area (Å²) in [5.74, 6) is 1.52. The number of ether oxygens (including phenoxy) is 1. The zero-order valence-corrected chi connectivity index (χ0v) is 17.1. The molecule has 27 heavy (non-hydrogen) atoms. The van der Waals surface area contributed by atoms with Gasteiger partial charge in [-0.3, -0.25) is 4.79 Å². The van der Waals surface area contributed by atoms with Gasteiger partial charge in [0.05, 0.1) is 10.1 Å². The van der Waals surface area contributed by atoms with E-state index in [1.54, 1.807) is 25.1 Å². The Hall–Kier alpha value is -1.92. The van der Waals surface area contributed by atoms with Crippen molar-refractivity contribution in [2.45, 2.75) is 31.0 Å². The molecule has 0 unspecified atom stereocenters. The number of aryl methyl sites for hydroxylation is 1. The van der Waals surface area contributed by atoms with E-state index in [9.17, 15) is 9.59 Å². The molecule has 1 fully saturated rings. The molecule has 1 N–H and O–H groups in total. The molecule has 142 valence electrons. The van der Waals surface area contributed by atoms with Crippen LogP contribution in [0.15, 0.2) is 48.5 Å². The molecule has 1 heterocycles. The summed E-state index contributed by atoms with van der Waals surface area (Å²) in [6.07, 6.45) is 0.376. The molecule has 3 rings (SSSR count). The predicted molar refractivity (Wildman–Crippen MR) is 113 cm³/mol. The van der Waals surface area contributed by atoms with Gasteiger partial charge >= 0.3 is 5.97 Å². The molecule has 1 aliphatic rings. The maximum atomic E-state index is 12.3. The van der Waals surface area contributed by atoms with Gasteiger partial charge in [-0.1, -0.05) is 24.3 Å². The first-order chi connectivity index (χ1) is 13.0. The lowest BCUT2D eigenvalue weighted by Gasteiger charge is -2.21. The molecule has 1 atom stereocenters. The van der Waals surface area contributed by atoms with E-state index in [1.165, 1.54) is 23.5 Å². The molecule has 2 aromatic rings. The van der Waals surface area contributed by atoms with Crippen LogP contribution < -0.4 is 5.32 Å². The SMILES string of the molecule is Cc1cccc(NC(=O)[C@@H](C)OC(=O)c2ccc(C3SCCCS3)cc2)c1. The van der Waals surface area contributed by atoms with Crippen LogP contribution in [-0.2, 0) is 9.53 Å². The highest BCUT2D eigenvalue weighted by molar-refractivity contribution is 8.16. The number of esters is 1. The van der Waals surface area contributed by atoms with Gasteiger partial charge in [-0.2, -0.15) is 0 Å². The van der Waals surface area contributed by atoms with E-state index in [1.807, 2.05) is 60.8 Å². The molecule has 0 aliphatic carbocycles. The third-order valence-electron chi connectivity index (χ3n) is 4.18. The standard InChI is InChI=1S/C21H23NO3S2/c1-14-5-3-6-18(13-14)22-19(23)15(2)25-20(24)16-7-9-17(10-8-16)21-26-11-4-12-27-21/h3,5-10,13,15,21H,4,11-12H2,1-2H3,(H,22,23)/t15-/m1/s1. The van der Waals surface area contributed by atoms with E-state index in [0.29, 0.717) is 15.8 Å². The van der Waals surface area contributed by atoms with Crippen LogP contribution in [0.3, 0.4) is 0 Å². The van der Waals surface area contributed by atoms with Gasteiger partial charge < -0.3 is 10.1 Å². The minimum Gasteiger partial charge on any atom is -0.449 e. The van der Waals surface area contributed by atoms with Crippen molar-refractivity contribution in [3.63, 3.8) is 0 Å². The number of amides is 1. The first-order valence-corrected chi connectivity index (χ1v) is 11.0. The van der Waals surface area contributed by atoms with Crippen LogP contribution in [0.25, 0.3) is 0 Å². The van der Waals surface area contributed by atoms with E-state index in [-0.39, 0.29) is 5.91 Å². The number of hydrogen-bond acceptors (Lipinski definition) is 5. The zero-order chi connectivity index (χ0) is 19.2. The van der Waals surface area contributed by atoms with Gasteiger partial charge in [-0.05, 0) is 67.2 Å². The lowest BCUT2D eigenvalue weighted by Crippen LogP contribution is -2.30. The minimum atomic E-state index is -0.873. The lowest BCUT2D eigenvalue weighted by atomic mass is 10.1. The fourth-order valence-electron chi connectivity index (χ4n) is 2.71. The van der Waals surface area contributed by atoms with Gasteiger partial charge in [0.2, 0.25) is 0 Å². The number of rotatable bonds is 5. The van der Waals surface area contributed by atoms with Crippen molar-refractivity contribution in [1.82, 2.24) is 0 Å². The zero-order valence-electron chi connectivity index (χ0n) is 15.4. The van der Waals surface area contributed by atoms with Crippen molar-refractivity contribution >= 4 is 41.1 Å². The molecule has 0 spiro atoms. The summed E-state index contributed by atoms with van der Waals surface area (Å²) in [5, 5.41) is 2.77. The van der Waals surface area contributed by atoms with Crippen LogP contribution in [-0.4, -0.2) is 29.5 Å². The molecule has 4 nitrogen and oxygen atoms in total. The van der Waals surface area contributed by atoms with Gasteiger partial charge in [0.25, 0.3) is 5.91 Å². The topological polar surface area (TPSA) is 55.4 Å². The normalized spacial score (nSPS) is 15.8. The summed E-state index contributed by atoms with van der Waals surface area (Å²) in [4.78, 5) is 24.6. The Morgan fingerprint density at radius 2 is 1.81 bits per heavy atom. The third-order valence-corrected chi connectivity index (χ3v) is 7.20. The maximum Gasteiger partial charge on any atom is 0.338 e. The molecule has 6 heteroatoms. The molecule has 1 amide bonds. The second kappa shape index (κ2) is 9.33. The molecule has 1 aliphatic heterocycles. The molecule has 0 bridgehead atoms. The highest BCUT2D eigenvalue weighted by Gasteiger charge is 2.20. The second-order valence-electron chi connectivity index (χ2n) is 6.46. The minimum absolute atomic E-state index is 0.347. The predicted octanol–water partition coefficient (Wildman–Crippen LogP) is 5.05. The Balaban J connectivity index is 1.56. The number of nitrogens with one attached hydrogen (secondary N) is 1. The summed E-state index contributed by atoms with van der Waals surface area (Å²) in [6.45, 7) is 3.53. The first kappa shape index (κ1) is 19.8. The summed E-state index contributed by atoms with van der Waals surface area (Å²) in [6, 6.07) is 15.0. The van der Waals surface area contributed by atoms with Crippen molar-refractivity contribution in [2.75, 3.05) is 16.8 Å². The van der Waals surface area contributed by atoms with Crippen LogP contribution in [0, 0.1) is 6.92 Å². The van der Waals surface area contributed by atoms with Crippen LogP contribution in [0.5, 0.6) is 0 Å². The first-order valence-electron chi connectivity index (χ1n) is 8.94. The fourth-order valence-corrected chi connectivity index (χ4v) is 5.60. The van der Waals surface area contributed by atoms with Gasteiger partial charge in [-0.15, -0.1) is 23.5 Å². The van der Waals surface area contributed by atoms with E-state index in [2.05, 4.69) is 5.32 Å². The molecular weight excluding hydrogens is 378 g/mol. The van der Waals surface area contributed by atoms with Crippen molar-refractivity contribution in [3.8, 4) is 0 Å². The van der Waals surface area contributed by atoms with E-state index in [4.69, 9.17) is 4.74 Å². The smallest absolute Gasteiger partial charge is 0.338 e. The van der Waals surface area contributed by atoms with E-state index < -0.39 is 12.1 Å². The molecular formula is C21H23NO3S2. The third kappa shape index (κ3) is 5.53. The Labute approximate surface area is 168 Å². The van der Waals surface area contributed by atoms with Crippen molar-refractivity contribution in [3.05, 3.63) is 65.2 Å². The van der Waals surface area contributed by atoms with Gasteiger partial charge in [0.15, 0.2) is 6.10 Å². The Morgan fingerprint density at radius 1 is 1.11 bits per heavy atom. The molecule has 2 aromatic carbocycles. The lowest BCUT2D eigenvalue weighted by molar-refractivity contribution is -0.123. The number of hydrogen-bond donors (Lipinski definition) is 1. The van der Waals surface area contributed by atoms with Crippen molar-refractivity contribution in [2.24, 2.45) is 0 Å². The highest BCUT2D eigenvalue weighted by atomic mass is 32.2. The summed E-state index contributed by atoms with van der Waals surface area (Å²) in [5.41, 5.74) is 3.41. The van der Waals surface area contributed by atoms with E-state index >= 15 is 0 Å². The Kier molecular flexibility index (Phi) is 6.85. The summed E-state index contributed by atoms with van der Waals surface area (Å²) < 4.78 is 5.76. The number of benzene rings is 2. The van der Waals surface area contributed by atoms with Crippen LogP contribution >= 0.6 is 23.5 Å². The number of carbonyl (C=O) groups is 2. The number of carbonyl (C=O) groups excluding carboxylic acids is 2. The Bertz CT molecular complexity index is 801. The summed E-state index contributed by atoms with van der Waals surface area (Å²) in [7, 11) is 0. The number of anilines is 1. The molecule has 0 saturated carbocycles. The van der Waals surface area contributed by atoms with E-state index in [0.717, 1.165) is 5.56 Å². The quantitative estimate of drug-likeness (QED) is 0.711. The van der Waals surface area contributed by atoms with Gasteiger partial charge in [0.1, 0.15) is 0 Å². The van der Waals surface area contributed by atoms with Crippen molar-refractivity contribution < 1.29 is 14.3 Å². The largest absolute Gasteiger partial charge is 0.449 e. The second-order valence-corrected chi connectivity index (χ2v) is 9.18. The fraction of sp³-hybridized carbons (Fsp3) is 0.333. The molecule has 0 radical (unpaired) electrons. The maximum absolute atomic E-state index is 12.3. The number of thioether (sulfide) groups is 2. The Morgan fingerprint density at radius 3 is 2.48 bits per heavy atom.